The third-order valence-electron chi connectivity index (χ3n) is 3.97. The van der Waals surface area contributed by atoms with Crippen LogP contribution in [0.4, 0.5) is 11.4 Å². The molecular formula is C16H9N2Na3O10S3. The van der Waals surface area contributed by atoms with Gasteiger partial charge in [-0.25, -0.2) is 25.3 Å². The van der Waals surface area contributed by atoms with E-state index >= 15 is 0 Å². The summed E-state index contributed by atoms with van der Waals surface area (Å²) in [6.45, 7) is 0. The Balaban J connectivity index is 0.00000363. The smallest absolute Gasteiger partial charge is 0.744 e. The second-order valence-corrected chi connectivity index (χ2v) is 10.1. The molecule has 12 nitrogen and oxygen atoms in total. The number of benzene rings is 3. The van der Waals surface area contributed by atoms with Crippen molar-refractivity contribution in [2.24, 2.45) is 10.2 Å². The SMILES string of the molecule is O=S(=O)([O-])c1ccc2c(O)c(N=Nc3ccccc3S(=O)(=O)[O-])c(S(=O)(=O)[O-])cc2c1.[Na+].[Na+].[Na+]. The third kappa shape index (κ3) is 7.77. The molecule has 0 saturated heterocycles. The van der Waals surface area contributed by atoms with Gasteiger partial charge in [0.15, 0.2) is 5.75 Å². The Kier molecular flexibility index (Phi) is 12.5. The molecule has 0 aliphatic carbocycles. The molecule has 34 heavy (non-hydrogen) atoms. The summed E-state index contributed by atoms with van der Waals surface area (Å²) in [4.78, 5) is -2.64. The van der Waals surface area contributed by atoms with Gasteiger partial charge in [0.1, 0.15) is 41.7 Å². The molecule has 1 N–H and O–H groups in total. The Morgan fingerprint density at radius 2 is 1.24 bits per heavy atom. The van der Waals surface area contributed by atoms with Crippen LogP contribution in [0.1, 0.15) is 0 Å². The van der Waals surface area contributed by atoms with Crippen molar-refractivity contribution in [1.82, 2.24) is 0 Å². The van der Waals surface area contributed by atoms with Gasteiger partial charge >= 0.3 is 88.7 Å². The molecule has 3 aromatic rings. The van der Waals surface area contributed by atoms with Crippen LogP contribution >= 0.6 is 0 Å². The summed E-state index contributed by atoms with van der Waals surface area (Å²) in [5, 5.41) is 16.9. The molecule has 0 aromatic heterocycles. The summed E-state index contributed by atoms with van der Waals surface area (Å²) < 4.78 is 103. The average Bonchev–Trinajstić information content (AvgIpc) is 2.64. The number of fused-ring (bicyclic) bond motifs is 1. The van der Waals surface area contributed by atoms with E-state index in [9.17, 15) is 44.0 Å². The first-order valence-corrected chi connectivity index (χ1v) is 12.1. The maximum atomic E-state index is 11.7. The van der Waals surface area contributed by atoms with E-state index in [2.05, 4.69) is 10.2 Å². The standard InChI is InChI=1S/C16H12N2O10S3.3Na/c19-16-11-6-5-10(29(20,21)22)7-9(11)8-14(31(26,27)28)15(16)18-17-12-3-1-2-4-13(12)30(23,24)25;;;/h1-8,19H,(H,20,21,22)(H,23,24,25)(H,26,27,28);;;/q;3*+1/p-3. The quantitative estimate of drug-likeness (QED) is 0.178. The topological polar surface area (TPSA) is 217 Å². The number of hydrogen-bond acceptors (Lipinski definition) is 12. The van der Waals surface area contributed by atoms with Crippen LogP contribution in [0.2, 0.25) is 0 Å². The van der Waals surface area contributed by atoms with Crippen molar-refractivity contribution < 1.29 is 133 Å². The fourth-order valence-corrected chi connectivity index (χ4v) is 4.39. The molecule has 0 spiro atoms. The van der Waals surface area contributed by atoms with Crippen molar-refractivity contribution in [3.8, 4) is 5.75 Å². The summed E-state index contributed by atoms with van der Waals surface area (Å²) in [5.74, 6) is -0.909. The Morgan fingerprint density at radius 1 is 0.676 bits per heavy atom. The van der Waals surface area contributed by atoms with E-state index in [0.717, 1.165) is 30.3 Å². The van der Waals surface area contributed by atoms with Crippen molar-refractivity contribution in [2.75, 3.05) is 0 Å². The average molecular weight is 554 g/mol. The number of nitrogens with zero attached hydrogens (tertiary/aromatic N) is 2. The minimum Gasteiger partial charge on any atom is -0.744 e. The predicted molar refractivity (Wildman–Crippen MR) is 100 cm³/mol. The van der Waals surface area contributed by atoms with Crippen molar-refractivity contribution in [1.29, 1.82) is 0 Å². The van der Waals surface area contributed by atoms with E-state index in [1.807, 2.05) is 0 Å². The van der Waals surface area contributed by atoms with E-state index in [-0.39, 0.29) is 99.4 Å². The van der Waals surface area contributed by atoms with Crippen LogP contribution in [0.3, 0.4) is 0 Å². The zero-order chi connectivity index (χ0) is 23.2. The number of phenols is 1. The first-order chi connectivity index (χ1) is 14.2. The molecule has 0 heterocycles. The molecule has 0 amide bonds. The number of aromatic hydroxyl groups is 1. The van der Waals surface area contributed by atoms with Gasteiger partial charge in [0.25, 0.3) is 0 Å². The van der Waals surface area contributed by atoms with Gasteiger partial charge in [-0.05, 0) is 41.8 Å². The molecule has 0 radical (unpaired) electrons. The molecular weight excluding hydrogens is 545 g/mol. The number of azo groups is 1. The van der Waals surface area contributed by atoms with Gasteiger partial charge in [0, 0.05) is 5.39 Å². The largest absolute Gasteiger partial charge is 1.00 e. The molecule has 164 valence electrons. The Hall–Kier alpha value is 0.0500. The summed E-state index contributed by atoms with van der Waals surface area (Å²) in [5.41, 5.74) is -1.36. The van der Waals surface area contributed by atoms with Crippen LogP contribution in [-0.2, 0) is 30.4 Å². The van der Waals surface area contributed by atoms with Gasteiger partial charge < -0.3 is 18.8 Å². The molecule has 0 saturated carbocycles. The molecule has 18 heteroatoms. The van der Waals surface area contributed by atoms with Crippen LogP contribution in [0.25, 0.3) is 10.8 Å². The van der Waals surface area contributed by atoms with E-state index in [0.29, 0.717) is 6.07 Å². The van der Waals surface area contributed by atoms with Gasteiger partial charge in [-0.1, -0.05) is 12.1 Å². The summed E-state index contributed by atoms with van der Waals surface area (Å²) >= 11 is 0. The van der Waals surface area contributed by atoms with Gasteiger partial charge in [-0.15, -0.1) is 10.2 Å². The van der Waals surface area contributed by atoms with Gasteiger partial charge in [0.2, 0.25) is 0 Å². The van der Waals surface area contributed by atoms with Crippen molar-refractivity contribution in [3.63, 3.8) is 0 Å². The van der Waals surface area contributed by atoms with Crippen molar-refractivity contribution in [2.45, 2.75) is 14.7 Å². The predicted octanol–water partition coefficient (Wildman–Crippen LogP) is -7.31. The van der Waals surface area contributed by atoms with E-state index in [1.165, 1.54) is 12.1 Å². The molecule has 0 aliphatic heterocycles. The zero-order valence-corrected chi connectivity index (χ0v) is 26.3. The summed E-state index contributed by atoms with van der Waals surface area (Å²) in [6, 6.07) is 7.78. The molecule has 0 unspecified atom stereocenters. The molecule has 3 aromatic carbocycles. The zero-order valence-electron chi connectivity index (χ0n) is 17.9. The number of phenolic OH excluding ortho intramolecular Hbond substituents is 1. The van der Waals surface area contributed by atoms with Gasteiger partial charge in [-0.3, -0.25) is 0 Å². The molecule has 0 atom stereocenters. The molecule has 0 aliphatic rings. The van der Waals surface area contributed by atoms with Gasteiger partial charge in [-0.2, -0.15) is 0 Å². The summed E-state index contributed by atoms with van der Waals surface area (Å²) in [7, 11) is -15.2. The Labute approximate surface area is 261 Å². The second kappa shape index (κ2) is 12.5. The van der Waals surface area contributed by atoms with Crippen LogP contribution in [0.15, 0.2) is 73.4 Å². The Bertz CT molecular complexity index is 1580. The Morgan fingerprint density at radius 3 is 1.76 bits per heavy atom. The number of rotatable bonds is 5. The van der Waals surface area contributed by atoms with Crippen molar-refractivity contribution in [3.05, 3.63) is 48.5 Å². The second-order valence-electron chi connectivity index (χ2n) is 5.98. The fourth-order valence-electron chi connectivity index (χ4n) is 2.63. The summed E-state index contributed by atoms with van der Waals surface area (Å²) in [6.07, 6.45) is 0. The van der Waals surface area contributed by atoms with Crippen LogP contribution in [0, 0.1) is 0 Å². The normalized spacial score (nSPS) is 12.0. The molecule has 3 rings (SSSR count). The third-order valence-corrected chi connectivity index (χ3v) is 6.54. The molecule has 0 fully saturated rings. The van der Waals surface area contributed by atoms with Gasteiger partial charge in [0.05, 0.1) is 14.7 Å². The first-order valence-electron chi connectivity index (χ1n) is 7.88. The minimum atomic E-state index is -5.31. The fraction of sp³-hybridized carbons (Fsp3) is 0. The first kappa shape index (κ1) is 34.0. The maximum Gasteiger partial charge on any atom is 1.00 e. The van der Waals surface area contributed by atoms with Crippen LogP contribution in [0.5, 0.6) is 5.75 Å². The van der Waals surface area contributed by atoms with Crippen LogP contribution in [-0.4, -0.2) is 44.0 Å². The number of hydrogen-bond donors (Lipinski definition) is 1. The maximum absolute atomic E-state index is 11.7. The van der Waals surface area contributed by atoms with Crippen LogP contribution < -0.4 is 88.7 Å². The molecule has 0 bridgehead atoms. The minimum absolute atomic E-state index is 0. The monoisotopic (exact) mass is 554 g/mol. The van der Waals surface area contributed by atoms with E-state index in [4.69, 9.17) is 0 Å². The van der Waals surface area contributed by atoms with Crippen molar-refractivity contribution >= 4 is 52.5 Å². The van der Waals surface area contributed by atoms with E-state index in [1.54, 1.807) is 0 Å². The van der Waals surface area contributed by atoms with E-state index < -0.39 is 62.2 Å².